The van der Waals surface area contributed by atoms with Crippen LogP contribution in [0.2, 0.25) is 5.02 Å². The topological polar surface area (TPSA) is 76.1 Å². The van der Waals surface area contributed by atoms with Crippen LogP contribution in [-0.2, 0) is 0 Å². The van der Waals surface area contributed by atoms with Gasteiger partial charge >= 0.3 is 0 Å². The Morgan fingerprint density at radius 1 is 1.11 bits per heavy atom. The number of aromatic nitrogens is 2. The first-order valence-corrected chi connectivity index (χ1v) is 8.83. The fourth-order valence-corrected chi connectivity index (χ4v) is 2.55. The van der Waals surface area contributed by atoms with Crippen molar-refractivity contribution in [3.8, 4) is 5.75 Å². The summed E-state index contributed by atoms with van der Waals surface area (Å²) in [5.41, 5.74) is 2.74. The highest BCUT2D eigenvalue weighted by Crippen LogP contribution is 2.24. The van der Waals surface area contributed by atoms with Crippen LogP contribution in [-0.4, -0.2) is 22.5 Å². The lowest BCUT2D eigenvalue weighted by Crippen LogP contribution is -2.13. The van der Waals surface area contributed by atoms with E-state index in [-0.39, 0.29) is 5.91 Å². The van der Waals surface area contributed by atoms with Crippen LogP contribution in [0.5, 0.6) is 5.75 Å². The Morgan fingerprint density at radius 3 is 2.48 bits per heavy atom. The van der Waals surface area contributed by atoms with Crippen molar-refractivity contribution in [2.24, 2.45) is 0 Å². The molecule has 0 aliphatic rings. The molecule has 1 heterocycles. The van der Waals surface area contributed by atoms with Gasteiger partial charge in [-0.05, 0) is 55.8 Å². The predicted molar refractivity (Wildman–Crippen MR) is 107 cm³/mol. The minimum Gasteiger partial charge on any atom is -0.494 e. The fourth-order valence-electron chi connectivity index (χ4n) is 2.38. The summed E-state index contributed by atoms with van der Waals surface area (Å²) in [5.74, 6) is 0.855. The van der Waals surface area contributed by atoms with Crippen LogP contribution in [0.1, 0.15) is 22.8 Å². The van der Waals surface area contributed by atoms with Crippen molar-refractivity contribution in [1.29, 1.82) is 0 Å². The van der Waals surface area contributed by atoms with E-state index in [0.717, 1.165) is 17.0 Å². The van der Waals surface area contributed by atoms with Crippen LogP contribution in [0.15, 0.2) is 54.9 Å². The van der Waals surface area contributed by atoms with Crippen molar-refractivity contribution in [3.63, 3.8) is 0 Å². The van der Waals surface area contributed by atoms with Gasteiger partial charge in [-0.25, -0.2) is 9.97 Å². The Labute approximate surface area is 162 Å². The number of hydrogen-bond acceptors (Lipinski definition) is 5. The summed E-state index contributed by atoms with van der Waals surface area (Å²) in [5, 5.41) is 6.55. The molecule has 27 heavy (non-hydrogen) atoms. The van der Waals surface area contributed by atoms with Gasteiger partial charge in [0.05, 0.1) is 12.2 Å². The number of anilines is 3. The van der Waals surface area contributed by atoms with Crippen molar-refractivity contribution in [2.45, 2.75) is 13.8 Å². The van der Waals surface area contributed by atoms with Gasteiger partial charge in [0.25, 0.3) is 5.91 Å². The van der Waals surface area contributed by atoms with E-state index < -0.39 is 0 Å². The lowest BCUT2D eigenvalue weighted by Gasteiger charge is -2.10. The van der Waals surface area contributed by atoms with Gasteiger partial charge < -0.3 is 15.4 Å². The summed E-state index contributed by atoms with van der Waals surface area (Å²) >= 11 is 6.11. The van der Waals surface area contributed by atoms with Crippen LogP contribution < -0.4 is 15.4 Å². The number of nitrogens with zero attached hydrogens (tertiary/aromatic N) is 2. The Hall–Kier alpha value is -3.12. The summed E-state index contributed by atoms with van der Waals surface area (Å²) in [6, 6.07) is 12.7. The van der Waals surface area contributed by atoms with Gasteiger partial charge in [0.2, 0.25) is 5.95 Å². The van der Waals surface area contributed by atoms with Gasteiger partial charge in [-0.3, -0.25) is 4.79 Å². The molecule has 1 amide bonds. The van der Waals surface area contributed by atoms with Crippen molar-refractivity contribution < 1.29 is 9.53 Å². The third-order valence-electron chi connectivity index (χ3n) is 3.85. The maximum absolute atomic E-state index is 12.3. The number of benzene rings is 2. The fraction of sp³-hybridized carbons (Fsp3) is 0.150. The van der Waals surface area contributed by atoms with Crippen molar-refractivity contribution in [1.82, 2.24) is 9.97 Å². The maximum atomic E-state index is 12.3. The first-order chi connectivity index (χ1) is 13.1. The third kappa shape index (κ3) is 4.74. The van der Waals surface area contributed by atoms with Crippen LogP contribution >= 0.6 is 11.6 Å². The molecule has 138 valence electrons. The van der Waals surface area contributed by atoms with Gasteiger partial charge in [-0.2, -0.15) is 0 Å². The summed E-state index contributed by atoms with van der Waals surface area (Å²) in [7, 11) is 0. The van der Waals surface area contributed by atoms with Gasteiger partial charge in [0, 0.05) is 28.8 Å². The number of nitrogens with one attached hydrogen (secondary N) is 2. The highest BCUT2D eigenvalue weighted by molar-refractivity contribution is 6.31. The Morgan fingerprint density at radius 2 is 1.81 bits per heavy atom. The predicted octanol–water partition coefficient (Wildman–Crippen LogP) is 4.83. The number of ether oxygens (including phenoxy) is 1. The normalized spacial score (nSPS) is 10.3. The molecule has 0 spiro atoms. The minimum absolute atomic E-state index is 0.287. The Bertz CT molecular complexity index is 928. The number of carbonyl (C=O) groups excluding carboxylic acids is 1. The minimum atomic E-state index is -0.287. The van der Waals surface area contributed by atoms with Crippen LogP contribution in [0.25, 0.3) is 0 Å². The summed E-state index contributed by atoms with van der Waals surface area (Å²) in [6.07, 6.45) is 2.94. The van der Waals surface area contributed by atoms with E-state index in [0.29, 0.717) is 28.8 Å². The molecule has 0 fully saturated rings. The molecule has 3 aromatic rings. The molecule has 0 atom stereocenters. The van der Waals surface area contributed by atoms with E-state index in [4.69, 9.17) is 16.3 Å². The van der Waals surface area contributed by atoms with Crippen molar-refractivity contribution >= 4 is 34.8 Å². The Balaban J connectivity index is 1.65. The molecule has 0 aliphatic heterocycles. The van der Waals surface area contributed by atoms with Crippen LogP contribution in [0.3, 0.4) is 0 Å². The summed E-state index contributed by atoms with van der Waals surface area (Å²) in [6.45, 7) is 4.42. The van der Waals surface area contributed by atoms with Crippen molar-refractivity contribution in [2.75, 3.05) is 17.2 Å². The zero-order valence-corrected chi connectivity index (χ0v) is 15.7. The highest BCUT2D eigenvalue weighted by Gasteiger charge is 2.09. The van der Waals surface area contributed by atoms with E-state index in [1.807, 2.05) is 32.0 Å². The number of rotatable bonds is 6. The van der Waals surface area contributed by atoms with Crippen molar-refractivity contribution in [3.05, 3.63) is 71.0 Å². The second-order valence-corrected chi connectivity index (χ2v) is 6.15. The van der Waals surface area contributed by atoms with E-state index in [1.54, 1.807) is 24.3 Å². The average molecular weight is 383 g/mol. The van der Waals surface area contributed by atoms with Gasteiger partial charge in [0.15, 0.2) is 0 Å². The molecular formula is C20H19ClN4O2. The van der Waals surface area contributed by atoms with Crippen LogP contribution in [0, 0.1) is 6.92 Å². The van der Waals surface area contributed by atoms with E-state index in [2.05, 4.69) is 20.6 Å². The lowest BCUT2D eigenvalue weighted by molar-refractivity contribution is 0.102. The molecular weight excluding hydrogens is 364 g/mol. The SMILES string of the molecule is CCOc1ccc(NC(=O)c2cnc(Nc3cccc(Cl)c3C)nc2)cc1. The number of halogens is 1. The molecule has 6 nitrogen and oxygen atoms in total. The highest BCUT2D eigenvalue weighted by atomic mass is 35.5. The first-order valence-electron chi connectivity index (χ1n) is 8.45. The zero-order valence-electron chi connectivity index (χ0n) is 15.0. The quantitative estimate of drug-likeness (QED) is 0.638. The second kappa shape index (κ2) is 8.51. The van der Waals surface area contributed by atoms with E-state index >= 15 is 0 Å². The average Bonchev–Trinajstić information content (AvgIpc) is 2.68. The number of amides is 1. The summed E-state index contributed by atoms with van der Waals surface area (Å²) < 4.78 is 5.38. The first kappa shape index (κ1) is 18.7. The van der Waals surface area contributed by atoms with Gasteiger partial charge in [-0.15, -0.1) is 0 Å². The third-order valence-corrected chi connectivity index (χ3v) is 4.26. The maximum Gasteiger partial charge on any atom is 0.258 e. The molecule has 1 aromatic heterocycles. The molecule has 2 N–H and O–H groups in total. The molecule has 0 saturated carbocycles. The van der Waals surface area contributed by atoms with Gasteiger partial charge in [-0.1, -0.05) is 17.7 Å². The zero-order chi connectivity index (χ0) is 19.2. The molecule has 0 saturated heterocycles. The largest absolute Gasteiger partial charge is 0.494 e. The molecule has 3 rings (SSSR count). The molecule has 0 bridgehead atoms. The Kier molecular flexibility index (Phi) is 5.88. The van der Waals surface area contributed by atoms with E-state index in [9.17, 15) is 4.79 Å². The summed E-state index contributed by atoms with van der Waals surface area (Å²) in [4.78, 5) is 20.7. The monoisotopic (exact) mass is 382 g/mol. The molecule has 0 unspecified atom stereocenters. The second-order valence-electron chi connectivity index (χ2n) is 5.74. The lowest BCUT2D eigenvalue weighted by atomic mass is 10.2. The molecule has 7 heteroatoms. The van der Waals surface area contributed by atoms with Crippen LogP contribution in [0.4, 0.5) is 17.3 Å². The molecule has 0 radical (unpaired) electrons. The smallest absolute Gasteiger partial charge is 0.258 e. The molecule has 0 aliphatic carbocycles. The van der Waals surface area contributed by atoms with E-state index in [1.165, 1.54) is 12.4 Å². The standard InChI is InChI=1S/C20H19ClN4O2/c1-3-27-16-9-7-15(8-10-16)24-19(26)14-11-22-20(23-12-14)25-18-6-4-5-17(21)13(18)2/h4-12H,3H2,1-2H3,(H,24,26)(H,22,23,25). The number of hydrogen-bond donors (Lipinski definition) is 2. The molecule has 2 aromatic carbocycles. The number of carbonyl (C=O) groups is 1. The van der Waals surface area contributed by atoms with Gasteiger partial charge in [0.1, 0.15) is 5.75 Å².